The van der Waals surface area contributed by atoms with Crippen molar-refractivity contribution in [3.63, 3.8) is 0 Å². The molecule has 3 rings (SSSR count). The second-order valence-corrected chi connectivity index (χ2v) is 8.73. The van der Waals surface area contributed by atoms with E-state index in [1.807, 2.05) is 0 Å². The maximum absolute atomic E-state index is 12.1. The minimum absolute atomic E-state index is 0. The largest absolute Gasteiger partial charge is 1.00 e. The van der Waals surface area contributed by atoms with Gasteiger partial charge < -0.3 is 15.3 Å². The molecule has 0 atom stereocenters. The molecule has 170 valence electrons. The van der Waals surface area contributed by atoms with Crippen molar-refractivity contribution in [1.29, 1.82) is 0 Å². The predicted molar refractivity (Wildman–Crippen MR) is 119 cm³/mol. The van der Waals surface area contributed by atoms with E-state index in [-0.39, 0.29) is 122 Å². The van der Waals surface area contributed by atoms with Gasteiger partial charge in [-0.05, 0) is 66.5 Å². The summed E-state index contributed by atoms with van der Waals surface area (Å²) in [6.45, 7) is 2.89. The Hall–Kier alpha value is -1.02. The first-order valence-corrected chi connectivity index (χ1v) is 10.8. The molecule has 36 heavy (non-hydrogen) atoms. The molecule has 0 saturated heterocycles. The number of aromatic hydroxyl groups is 1. The van der Waals surface area contributed by atoms with Crippen molar-refractivity contribution in [2.24, 2.45) is 0 Å². The quantitative estimate of drug-likeness (QED) is 0.126. The Kier molecular flexibility index (Phi) is 13.3. The van der Waals surface area contributed by atoms with Crippen LogP contribution in [-0.2, 0) is 14.9 Å². The van der Waals surface area contributed by atoms with E-state index in [2.05, 4.69) is 0 Å². The number of aliphatic carboxylic acids is 1. The molecule has 0 aliphatic heterocycles. The van der Waals surface area contributed by atoms with Crippen LogP contribution in [0.2, 0.25) is 0 Å². The number of aromatic carboxylic acids is 1. The third-order valence-electron chi connectivity index (χ3n) is 5.07. The van der Waals surface area contributed by atoms with Crippen LogP contribution in [0.5, 0.6) is 5.75 Å². The number of carboxylic acids is 2. The first-order chi connectivity index (χ1) is 15.3. The number of aryl methyl sites for hydroxylation is 1. The Morgan fingerprint density at radius 2 is 1.47 bits per heavy atom. The summed E-state index contributed by atoms with van der Waals surface area (Å²) in [6, 6.07) is 7.88. The fourth-order valence-corrected chi connectivity index (χ4v) is 4.25. The van der Waals surface area contributed by atoms with Gasteiger partial charge in [-0.3, -0.25) is 9.35 Å². The molecular weight excluding hydrogens is 521 g/mol. The van der Waals surface area contributed by atoms with Crippen LogP contribution in [0, 0.1) is 6.92 Å². The number of carboxylic acid groups (broad SMARTS) is 2. The van der Waals surface area contributed by atoms with E-state index >= 15 is 0 Å². The average Bonchev–Trinajstić information content (AvgIpc) is 2.72. The van der Waals surface area contributed by atoms with Gasteiger partial charge in [0.05, 0.1) is 5.57 Å². The fraction of sp³-hybridized carbons (Fsp3) is 0.0870. The molecule has 2 aromatic rings. The minimum Gasteiger partial charge on any atom is -0.507 e. The van der Waals surface area contributed by atoms with Crippen LogP contribution < -0.4 is 88.7 Å². The summed E-state index contributed by atoms with van der Waals surface area (Å²) < 4.78 is 34.0. The molecule has 0 unspecified atom stereocenters. The maximum atomic E-state index is 12.1. The summed E-state index contributed by atoms with van der Waals surface area (Å²) in [4.78, 5) is 33.0. The van der Waals surface area contributed by atoms with E-state index in [0.717, 1.165) is 18.2 Å². The van der Waals surface area contributed by atoms with Gasteiger partial charge in [0.25, 0.3) is 10.1 Å². The molecule has 0 radical (unpaired) electrons. The summed E-state index contributed by atoms with van der Waals surface area (Å²) >= 11 is 0. The van der Waals surface area contributed by atoms with Crippen LogP contribution in [0.3, 0.4) is 0 Å². The van der Waals surface area contributed by atoms with E-state index in [9.17, 15) is 42.7 Å². The number of carbonyl (C=O) groups is 2. The Morgan fingerprint density at radius 3 is 2.00 bits per heavy atom. The third-order valence-corrected chi connectivity index (χ3v) is 5.99. The number of carbonyl (C=O) groups excluding carboxylic acids is 1. The second-order valence-electron chi connectivity index (χ2n) is 7.34. The number of ketones is 1. The van der Waals surface area contributed by atoms with Crippen LogP contribution in [-0.4, -0.2) is 50.8 Å². The van der Waals surface area contributed by atoms with Crippen molar-refractivity contribution in [1.82, 2.24) is 0 Å². The Labute approximate surface area is 273 Å². The maximum Gasteiger partial charge on any atom is 1.00 e. The predicted octanol–water partition coefficient (Wildman–Crippen LogP) is -6.02. The van der Waals surface area contributed by atoms with Crippen molar-refractivity contribution < 1.29 is 131 Å². The molecular formula is C23H19Na3O9S+4. The van der Waals surface area contributed by atoms with E-state index in [1.165, 1.54) is 44.2 Å². The fourth-order valence-electron chi connectivity index (χ4n) is 3.55. The first kappa shape index (κ1) is 35.0. The normalized spacial score (nSPS) is 14.2. The molecule has 2 aromatic carbocycles. The molecule has 0 saturated carbocycles. The Morgan fingerprint density at radius 1 is 0.889 bits per heavy atom. The molecule has 1 aliphatic rings. The number of hydrogen-bond acceptors (Lipinski definition) is 5. The first-order valence-electron chi connectivity index (χ1n) is 9.41. The van der Waals surface area contributed by atoms with E-state index in [1.54, 1.807) is 0 Å². The van der Waals surface area contributed by atoms with Crippen molar-refractivity contribution in [2.75, 3.05) is 0 Å². The summed E-state index contributed by atoms with van der Waals surface area (Å²) in [7, 11) is -4.74. The van der Waals surface area contributed by atoms with Gasteiger partial charge in [-0.15, -0.1) is 0 Å². The van der Waals surface area contributed by atoms with E-state index < -0.39 is 49.6 Å². The molecule has 13 heteroatoms. The molecule has 5 N–H and O–H groups in total. The molecule has 0 spiro atoms. The number of benzene rings is 2. The SMILES string of the molecule is CC1=C/C(=C(\c2cc(C)c(O)c(C(=O)O)c2)c2ccccc2S(=O)(=O)O)C=C(C(=O)O)C1=[OH+].[Na+].[Na+].[Na+]. The van der Waals surface area contributed by atoms with Crippen LogP contribution in [0.4, 0.5) is 0 Å². The van der Waals surface area contributed by atoms with Gasteiger partial charge in [0.1, 0.15) is 16.2 Å². The molecule has 1 aliphatic carbocycles. The zero-order valence-corrected chi connectivity index (χ0v) is 27.2. The Bertz CT molecular complexity index is 1440. The van der Waals surface area contributed by atoms with Crippen LogP contribution in [0.15, 0.2) is 70.2 Å². The third kappa shape index (κ3) is 7.30. The molecule has 0 heterocycles. The van der Waals surface area contributed by atoms with Gasteiger partial charge >= 0.3 is 106 Å². The second kappa shape index (κ2) is 13.7. The van der Waals surface area contributed by atoms with Crippen molar-refractivity contribution in [3.8, 4) is 5.75 Å². The van der Waals surface area contributed by atoms with Gasteiger partial charge in [0.15, 0.2) is 5.57 Å². The summed E-state index contributed by atoms with van der Waals surface area (Å²) in [5, 5.41) is 29.2. The van der Waals surface area contributed by atoms with Crippen LogP contribution in [0.1, 0.15) is 34.0 Å². The van der Waals surface area contributed by atoms with Gasteiger partial charge in [0.2, 0.25) is 0 Å². The molecule has 0 amide bonds. The van der Waals surface area contributed by atoms with Gasteiger partial charge in [0, 0.05) is 5.56 Å². The van der Waals surface area contributed by atoms with Crippen molar-refractivity contribution >= 4 is 33.4 Å². The Balaban J connectivity index is 0.00000408. The molecule has 0 aromatic heterocycles. The number of phenols is 1. The molecule has 0 fully saturated rings. The topological polar surface area (TPSA) is 171 Å². The monoisotopic (exact) mass is 540 g/mol. The van der Waals surface area contributed by atoms with E-state index in [0.29, 0.717) is 0 Å². The number of rotatable bonds is 5. The van der Waals surface area contributed by atoms with Gasteiger partial charge in [-0.2, -0.15) is 8.42 Å². The number of allylic oxidation sites excluding steroid dienone is 4. The average molecular weight is 540 g/mol. The van der Waals surface area contributed by atoms with Crippen molar-refractivity contribution in [3.05, 3.63) is 87.5 Å². The molecule has 0 bridgehead atoms. The van der Waals surface area contributed by atoms with Crippen LogP contribution in [0.25, 0.3) is 5.57 Å². The summed E-state index contributed by atoms with van der Waals surface area (Å²) in [6.07, 6.45) is 2.52. The zero-order chi connectivity index (χ0) is 24.7. The smallest absolute Gasteiger partial charge is 0.507 e. The number of hydrogen-bond donors (Lipinski definition) is 4. The minimum atomic E-state index is -4.74. The van der Waals surface area contributed by atoms with Gasteiger partial charge in [-0.25, -0.2) is 9.59 Å². The van der Waals surface area contributed by atoms with Crippen LogP contribution >= 0.6 is 0 Å². The van der Waals surface area contributed by atoms with Crippen molar-refractivity contribution in [2.45, 2.75) is 18.7 Å². The summed E-state index contributed by atoms with van der Waals surface area (Å²) in [5.41, 5.74) is -0.272. The molecule has 9 nitrogen and oxygen atoms in total. The van der Waals surface area contributed by atoms with Gasteiger partial charge in [-0.1, -0.05) is 18.2 Å². The van der Waals surface area contributed by atoms with E-state index in [4.69, 9.17) is 0 Å². The zero-order valence-electron chi connectivity index (χ0n) is 20.4. The summed E-state index contributed by atoms with van der Waals surface area (Å²) in [5.74, 6) is -3.84. The standard InChI is InChI=1S/C23H18O9S.3Na/c1-11-7-13(9-16(20(11)24)22(26)27)19(15-5-3-4-6-18(15)33(30,31)32)14-8-12(2)21(25)17(10-14)23(28)29;;;/h3-10,24H,1-2H3,(H,26,27)(H,28,29)(H,30,31,32);;;/q;3*+1/p+1/b19-14-;;;.